The van der Waals surface area contributed by atoms with E-state index in [1.807, 2.05) is 12.1 Å². The van der Waals surface area contributed by atoms with E-state index >= 15 is 0 Å². The molecular weight excluding hydrogens is 290 g/mol. The van der Waals surface area contributed by atoms with Crippen LogP contribution in [-0.4, -0.2) is 25.5 Å². The van der Waals surface area contributed by atoms with Crippen LogP contribution in [0.5, 0.6) is 0 Å². The lowest BCUT2D eigenvalue weighted by Crippen LogP contribution is -2.19. The van der Waals surface area contributed by atoms with Crippen LogP contribution < -0.4 is 0 Å². The summed E-state index contributed by atoms with van der Waals surface area (Å²) in [5.41, 5.74) is 7.30. The van der Waals surface area contributed by atoms with Crippen LogP contribution in [0.2, 0.25) is 5.02 Å². The number of halogens is 1. The first kappa shape index (κ1) is 15.3. The van der Waals surface area contributed by atoms with Gasteiger partial charge >= 0.3 is 0 Å². The minimum atomic E-state index is 0.801. The summed E-state index contributed by atoms with van der Waals surface area (Å²) >= 11 is 6.01. The summed E-state index contributed by atoms with van der Waals surface area (Å²) in [6.07, 6.45) is 3.30. The van der Waals surface area contributed by atoms with Crippen LogP contribution in [0, 0.1) is 0 Å². The smallest absolute Gasteiger partial charge is 0.0406 e. The van der Waals surface area contributed by atoms with Crippen molar-refractivity contribution in [2.24, 2.45) is 0 Å². The lowest BCUT2D eigenvalue weighted by Gasteiger charge is -2.26. The van der Waals surface area contributed by atoms with Gasteiger partial charge in [-0.25, -0.2) is 0 Å². The van der Waals surface area contributed by atoms with Crippen molar-refractivity contribution in [2.45, 2.75) is 19.3 Å². The lowest BCUT2D eigenvalue weighted by molar-refractivity contribution is 0.438. The highest BCUT2D eigenvalue weighted by molar-refractivity contribution is 6.30. The van der Waals surface area contributed by atoms with Gasteiger partial charge in [-0.15, -0.1) is 0 Å². The third-order valence-electron chi connectivity index (χ3n) is 4.27. The Bertz CT molecular complexity index is 683. The highest BCUT2D eigenvalue weighted by Crippen LogP contribution is 2.34. The summed E-state index contributed by atoms with van der Waals surface area (Å²) in [4.78, 5) is 2.27. The van der Waals surface area contributed by atoms with E-state index in [4.69, 9.17) is 11.6 Å². The summed E-state index contributed by atoms with van der Waals surface area (Å²) in [6, 6.07) is 17.1. The van der Waals surface area contributed by atoms with Crippen LogP contribution in [0.25, 0.3) is 5.57 Å². The Hall–Kier alpha value is -1.57. The predicted molar refractivity (Wildman–Crippen MR) is 95.4 cm³/mol. The van der Waals surface area contributed by atoms with Crippen molar-refractivity contribution >= 4 is 17.2 Å². The number of hydrogen-bond acceptors (Lipinski definition) is 1. The molecule has 0 atom stereocenters. The molecule has 2 heteroatoms. The Kier molecular flexibility index (Phi) is 4.66. The first-order valence-corrected chi connectivity index (χ1v) is 8.19. The molecule has 1 aliphatic rings. The van der Waals surface area contributed by atoms with Gasteiger partial charge < -0.3 is 4.90 Å². The highest BCUT2D eigenvalue weighted by atomic mass is 35.5. The first-order chi connectivity index (χ1) is 10.6. The molecule has 0 heterocycles. The van der Waals surface area contributed by atoms with E-state index in [9.17, 15) is 0 Å². The molecule has 0 fully saturated rings. The van der Waals surface area contributed by atoms with Gasteiger partial charge in [-0.05, 0) is 67.8 Å². The fourth-order valence-corrected chi connectivity index (χ4v) is 3.37. The molecule has 0 aromatic heterocycles. The Morgan fingerprint density at radius 2 is 1.68 bits per heavy atom. The Morgan fingerprint density at radius 1 is 0.955 bits per heavy atom. The Morgan fingerprint density at radius 3 is 2.41 bits per heavy atom. The van der Waals surface area contributed by atoms with Gasteiger partial charge in [0.2, 0.25) is 0 Å². The predicted octanol–water partition coefficient (Wildman–Crippen LogP) is 4.84. The maximum atomic E-state index is 6.01. The SMILES string of the molecule is CN(C)CC1=C(Cc2ccc(Cl)cc2)c2ccccc2CC1. The van der Waals surface area contributed by atoms with Crippen molar-refractivity contribution in [1.82, 2.24) is 4.90 Å². The number of fused-ring (bicyclic) bond motifs is 1. The van der Waals surface area contributed by atoms with Crippen LogP contribution in [0.1, 0.15) is 23.1 Å². The zero-order valence-corrected chi connectivity index (χ0v) is 14.0. The summed E-state index contributed by atoms with van der Waals surface area (Å²) < 4.78 is 0. The van der Waals surface area contributed by atoms with Crippen molar-refractivity contribution in [1.29, 1.82) is 0 Å². The van der Waals surface area contributed by atoms with Crippen molar-refractivity contribution < 1.29 is 0 Å². The summed E-state index contributed by atoms with van der Waals surface area (Å²) in [5.74, 6) is 0. The van der Waals surface area contributed by atoms with Gasteiger partial charge in [0, 0.05) is 11.6 Å². The number of nitrogens with zero attached hydrogens (tertiary/aromatic N) is 1. The standard InChI is InChI=1S/C20H22ClN/c1-22(2)14-17-10-9-16-5-3-4-6-19(16)20(17)13-15-7-11-18(21)12-8-15/h3-8,11-12H,9-10,13-14H2,1-2H3. The number of allylic oxidation sites excluding steroid dienone is 1. The second-order valence-corrected chi connectivity index (χ2v) is 6.72. The zero-order chi connectivity index (χ0) is 15.5. The van der Waals surface area contributed by atoms with Gasteiger partial charge in [-0.1, -0.05) is 53.6 Å². The normalized spacial score (nSPS) is 14.4. The molecule has 3 rings (SSSR count). The second-order valence-electron chi connectivity index (χ2n) is 6.28. The second kappa shape index (κ2) is 6.68. The largest absolute Gasteiger partial charge is 0.305 e. The monoisotopic (exact) mass is 311 g/mol. The molecule has 2 aromatic carbocycles. The lowest BCUT2D eigenvalue weighted by atomic mass is 9.82. The molecule has 114 valence electrons. The number of benzene rings is 2. The number of likely N-dealkylation sites (N-methyl/N-ethyl adjacent to an activating group) is 1. The fraction of sp³-hybridized carbons (Fsp3) is 0.300. The van der Waals surface area contributed by atoms with Crippen LogP contribution in [0.15, 0.2) is 54.1 Å². The molecule has 0 amide bonds. The van der Waals surface area contributed by atoms with E-state index in [0.29, 0.717) is 0 Å². The Labute approximate surface area is 138 Å². The van der Waals surface area contributed by atoms with Crippen molar-refractivity contribution in [3.05, 3.63) is 75.8 Å². The number of hydrogen-bond donors (Lipinski definition) is 0. The molecule has 2 aromatic rings. The quantitative estimate of drug-likeness (QED) is 0.780. The van der Waals surface area contributed by atoms with Crippen LogP contribution in [0.4, 0.5) is 0 Å². The molecule has 0 aliphatic heterocycles. The minimum absolute atomic E-state index is 0.801. The molecule has 0 bridgehead atoms. The van der Waals surface area contributed by atoms with Gasteiger partial charge in [-0.2, -0.15) is 0 Å². The summed E-state index contributed by atoms with van der Waals surface area (Å²) in [6.45, 7) is 1.04. The maximum Gasteiger partial charge on any atom is 0.0406 e. The van der Waals surface area contributed by atoms with Crippen molar-refractivity contribution in [3.63, 3.8) is 0 Å². The molecule has 0 radical (unpaired) electrons. The number of aryl methyl sites for hydroxylation is 1. The average molecular weight is 312 g/mol. The minimum Gasteiger partial charge on any atom is -0.305 e. The van der Waals surface area contributed by atoms with E-state index < -0.39 is 0 Å². The maximum absolute atomic E-state index is 6.01. The molecule has 22 heavy (non-hydrogen) atoms. The Balaban J connectivity index is 2.00. The van der Waals surface area contributed by atoms with E-state index in [0.717, 1.165) is 30.8 Å². The summed E-state index contributed by atoms with van der Waals surface area (Å²) in [5, 5.41) is 0.801. The molecule has 0 unspecified atom stereocenters. The van der Waals surface area contributed by atoms with E-state index in [-0.39, 0.29) is 0 Å². The molecule has 1 nitrogen and oxygen atoms in total. The molecule has 0 N–H and O–H groups in total. The van der Waals surface area contributed by atoms with Gasteiger partial charge in [-0.3, -0.25) is 0 Å². The molecule has 1 aliphatic carbocycles. The van der Waals surface area contributed by atoms with Gasteiger partial charge in [0.25, 0.3) is 0 Å². The highest BCUT2D eigenvalue weighted by Gasteiger charge is 2.19. The van der Waals surface area contributed by atoms with E-state index in [1.54, 1.807) is 5.57 Å². The van der Waals surface area contributed by atoms with Crippen molar-refractivity contribution in [3.8, 4) is 0 Å². The van der Waals surface area contributed by atoms with Gasteiger partial charge in [0.1, 0.15) is 0 Å². The number of rotatable bonds is 4. The molecular formula is C20H22ClN. The van der Waals surface area contributed by atoms with Crippen LogP contribution in [0.3, 0.4) is 0 Å². The van der Waals surface area contributed by atoms with E-state index in [2.05, 4.69) is 55.4 Å². The zero-order valence-electron chi connectivity index (χ0n) is 13.3. The topological polar surface area (TPSA) is 3.24 Å². The van der Waals surface area contributed by atoms with Gasteiger partial charge in [0.15, 0.2) is 0 Å². The summed E-state index contributed by atoms with van der Waals surface area (Å²) in [7, 11) is 4.29. The third kappa shape index (κ3) is 3.43. The first-order valence-electron chi connectivity index (χ1n) is 7.82. The van der Waals surface area contributed by atoms with E-state index in [1.165, 1.54) is 22.3 Å². The molecule has 0 spiro atoms. The van der Waals surface area contributed by atoms with Crippen molar-refractivity contribution in [2.75, 3.05) is 20.6 Å². The van der Waals surface area contributed by atoms with Crippen LogP contribution >= 0.6 is 11.6 Å². The van der Waals surface area contributed by atoms with Gasteiger partial charge in [0.05, 0.1) is 0 Å². The average Bonchev–Trinajstić information content (AvgIpc) is 2.51. The molecule has 0 saturated carbocycles. The fourth-order valence-electron chi connectivity index (χ4n) is 3.24. The third-order valence-corrected chi connectivity index (χ3v) is 4.52. The van der Waals surface area contributed by atoms with Crippen LogP contribution in [-0.2, 0) is 12.8 Å². The molecule has 0 saturated heterocycles.